The van der Waals surface area contributed by atoms with Crippen molar-refractivity contribution in [2.75, 3.05) is 24.5 Å². The van der Waals surface area contributed by atoms with Gasteiger partial charge in [0.2, 0.25) is 5.92 Å². The third-order valence-corrected chi connectivity index (χ3v) is 5.83. The monoisotopic (exact) mass is 453 g/mol. The van der Waals surface area contributed by atoms with Gasteiger partial charge in [0.25, 0.3) is 0 Å². The van der Waals surface area contributed by atoms with Crippen molar-refractivity contribution < 1.29 is 28.2 Å². The van der Waals surface area contributed by atoms with Gasteiger partial charge in [-0.3, -0.25) is 4.90 Å². The molecule has 178 valence electrons. The second kappa shape index (κ2) is 9.58. The zero-order chi connectivity index (χ0) is 23.5. The van der Waals surface area contributed by atoms with Gasteiger partial charge in [-0.25, -0.2) is 23.4 Å². The molecule has 0 aromatic carbocycles. The van der Waals surface area contributed by atoms with E-state index in [-0.39, 0.29) is 25.2 Å². The fraction of sp³-hybridized carbons (Fsp3) is 0.696. The van der Waals surface area contributed by atoms with Gasteiger partial charge in [0.05, 0.1) is 0 Å². The summed E-state index contributed by atoms with van der Waals surface area (Å²) in [5.41, 5.74) is 0.902. The van der Waals surface area contributed by atoms with Crippen LogP contribution in [0.3, 0.4) is 0 Å². The van der Waals surface area contributed by atoms with Crippen LogP contribution in [0.4, 0.5) is 24.2 Å². The molecule has 1 saturated heterocycles. The van der Waals surface area contributed by atoms with Crippen LogP contribution in [-0.2, 0) is 17.6 Å². The Kier molecular flexibility index (Phi) is 7.25. The van der Waals surface area contributed by atoms with E-state index in [0.717, 1.165) is 18.4 Å². The lowest BCUT2D eigenvalue weighted by Gasteiger charge is -2.26. The Morgan fingerprint density at radius 1 is 1.25 bits per heavy atom. The molecule has 2 aliphatic rings. The predicted molar refractivity (Wildman–Crippen MR) is 116 cm³/mol. The molecule has 1 unspecified atom stereocenters. The number of alkyl halides is 2. The second-order valence-electron chi connectivity index (χ2n) is 9.82. The number of likely N-dealkylation sites (tertiary alicyclic amines) is 1. The van der Waals surface area contributed by atoms with Crippen molar-refractivity contribution in [3.8, 4) is 0 Å². The van der Waals surface area contributed by atoms with Crippen molar-refractivity contribution in [2.24, 2.45) is 5.92 Å². The first kappa shape index (κ1) is 24.2. The molecule has 9 heteroatoms. The summed E-state index contributed by atoms with van der Waals surface area (Å²) < 4.78 is 34.5. The number of hydrogen-bond acceptors (Lipinski definition) is 4. The van der Waals surface area contributed by atoms with Crippen LogP contribution in [0.2, 0.25) is 0 Å². The fourth-order valence-electron chi connectivity index (χ4n) is 4.35. The molecule has 0 aliphatic carbocycles. The van der Waals surface area contributed by atoms with E-state index in [1.54, 1.807) is 26.8 Å². The maximum atomic E-state index is 14.6. The third-order valence-electron chi connectivity index (χ3n) is 5.83. The van der Waals surface area contributed by atoms with E-state index in [2.05, 4.69) is 4.98 Å². The number of carbonyl (C=O) groups is 2. The van der Waals surface area contributed by atoms with E-state index in [9.17, 15) is 23.5 Å². The number of aromatic nitrogens is 1. The highest BCUT2D eigenvalue weighted by atomic mass is 19.3. The maximum Gasteiger partial charge on any atom is 0.413 e. The molecule has 3 heterocycles. The minimum atomic E-state index is -2.82. The number of aryl methyl sites for hydroxylation is 2. The zero-order valence-corrected chi connectivity index (χ0v) is 19.1. The Labute approximate surface area is 187 Å². The van der Waals surface area contributed by atoms with Crippen LogP contribution in [0.5, 0.6) is 0 Å². The van der Waals surface area contributed by atoms with Gasteiger partial charge in [-0.15, -0.1) is 0 Å². The molecule has 2 aliphatic heterocycles. The van der Waals surface area contributed by atoms with Crippen LogP contribution in [0, 0.1) is 5.92 Å². The highest BCUT2D eigenvalue weighted by molar-refractivity contribution is 5.86. The number of fused-ring (bicyclic) bond motifs is 1. The summed E-state index contributed by atoms with van der Waals surface area (Å²) >= 11 is 0. The summed E-state index contributed by atoms with van der Waals surface area (Å²) in [7, 11) is 0. The third kappa shape index (κ3) is 6.53. The summed E-state index contributed by atoms with van der Waals surface area (Å²) in [5, 5.41) is 9.36. The Morgan fingerprint density at radius 3 is 2.69 bits per heavy atom. The standard InChI is InChI=1S/C23H33F2N3O4/c1-22(2,3)32-21(31)27-13-10-16(15-27)14-23(24,25)11-4-7-18-9-8-17-6-5-12-28(20(29)30)19(17)26-18/h8-9,16H,4-7,10-15H2,1-3H3,(H,29,30). The SMILES string of the molecule is CC(C)(C)OC(=O)N1CCC(CC(F)(F)CCCc2ccc3c(n2)N(C(=O)O)CCC3)C1. The summed E-state index contributed by atoms with van der Waals surface area (Å²) in [5.74, 6) is -2.64. The highest BCUT2D eigenvalue weighted by Crippen LogP contribution is 2.34. The summed E-state index contributed by atoms with van der Waals surface area (Å²) in [6, 6.07) is 3.66. The van der Waals surface area contributed by atoms with E-state index >= 15 is 0 Å². The summed E-state index contributed by atoms with van der Waals surface area (Å²) in [6.07, 6.45) is 0.682. The van der Waals surface area contributed by atoms with Gasteiger partial charge in [0, 0.05) is 38.2 Å². The van der Waals surface area contributed by atoms with Crippen LogP contribution in [0.25, 0.3) is 0 Å². The lowest BCUT2D eigenvalue weighted by atomic mass is 9.96. The molecule has 32 heavy (non-hydrogen) atoms. The fourth-order valence-corrected chi connectivity index (χ4v) is 4.35. The second-order valence-corrected chi connectivity index (χ2v) is 9.82. The van der Waals surface area contributed by atoms with E-state index in [1.807, 2.05) is 6.07 Å². The first-order valence-electron chi connectivity index (χ1n) is 11.3. The number of carbonyl (C=O) groups excluding carboxylic acids is 1. The Bertz CT molecular complexity index is 841. The summed E-state index contributed by atoms with van der Waals surface area (Å²) in [4.78, 5) is 30.7. The predicted octanol–water partition coefficient (Wildman–Crippen LogP) is 5.12. The molecular weight excluding hydrogens is 420 g/mol. The topological polar surface area (TPSA) is 83.0 Å². The average molecular weight is 454 g/mol. The van der Waals surface area contributed by atoms with E-state index in [0.29, 0.717) is 44.0 Å². The van der Waals surface area contributed by atoms with Crippen LogP contribution in [-0.4, -0.2) is 58.3 Å². The molecule has 1 aromatic rings. The molecule has 0 bridgehead atoms. The van der Waals surface area contributed by atoms with E-state index < -0.39 is 23.7 Å². The molecule has 1 aromatic heterocycles. The smallest absolute Gasteiger partial charge is 0.413 e. The number of nitrogens with zero attached hydrogens (tertiary/aromatic N) is 3. The molecular formula is C23H33F2N3O4. The van der Waals surface area contributed by atoms with E-state index in [1.165, 1.54) is 9.80 Å². The van der Waals surface area contributed by atoms with Crippen molar-refractivity contribution in [3.63, 3.8) is 0 Å². The number of rotatable bonds is 6. The van der Waals surface area contributed by atoms with Gasteiger partial charge in [-0.2, -0.15) is 0 Å². The molecule has 1 fully saturated rings. The van der Waals surface area contributed by atoms with Crippen molar-refractivity contribution in [2.45, 2.75) is 77.2 Å². The first-order valence-corrected chi connectivity index (χ1v) is 11.3. The van der Waals surface area contributed by atoms with Crippen LogP contribution in [0.1, 0.15) is 64.1 Å². The minimum absolute atomic E-state index is 0.247. The van der Waals surface area contributed by atoms with Crippen molar-refractivity contribution in [1.82, 2.24) is 9.88 Å². The molecule has 2 amide bonds. The Hall–Kier alpha value is -2.45. The minimum Gasteiger partial charge on any atom is -0.465 e. The van der Waals surface area contributed by atoms with Gasteiger partial charge >= 0.3 is 12.2 Å². The molecule has 0 saturated carbocycles. The lowest BCUT2D eigenvalue weighted by molar-refractivity contribution is -0.0319. The van der Waals surface area contributed by atoms with Crippen molar-refractivity contribution >= 4 is 18.0 Å². The van der Waals surface area contributed by atoms with Gasteiger partial charge < -0.3 is 14.7 Å². The molecule has 0 radical (unpaired) electrons. The molecule has 3 rings (SSSR count). The maximum absolute atomic E-state index is 14.6. The normalized spacial score (nSPS) is 19.1. The molecule has 7 nitrogen and oxygen atoms in total. The van der Waals surface area contributed by atoms with Gasteiger partial charge in [0.15, 0.2) is 0 Å². The number of ether oxygens (including phenoxy) is 1. The first-order chi connectivity index (χ1) is 14.9. The van der Waals surface area contributed by atoms with Crippen LogP contribution < -0.4 is 4.90 Å². The van der Waals surface area contributed by atoms with Crippen molar-refractivity contribution in [3.05, 3.63) is 23.4 Å². The highest BCUT2D eigenvalue weighted by Gasteiger charge is 2.37. The number of carboxylic acid groups (broad SMARTS) is 1. The quantitative estimate of drug-likeness (QED) is 0.647. The van der Waals surface area contributed by atoms with Crippen molar-refractivity contribution in [1.29, 1.82) is 0 Å². The van der Waals surface area contributed by atoms with Gasteiger partial charge in [0.1, 0.15) is 11.4 Å². The molecule has 1 atom stereocenters. The van der Waals surface area contributed by atoms with Crippen LogP contribution in [0.15, 0.2) is 12.1 Å². The van der Waals surface area contributed by atoms with Gasteiger partial charge in [-0.1, -0.05) is 6.07 Å². The number of halogens is 2. The summed E-state index contributed by atoms with van der Waals surface area (Å²) in [6.45, 7) is 6.48. The zero-order valence-electron chi connectivity index (χ0n) is 19.1. The number of amides is 2. The lowest BCUT2D eigenvalue weighted by Crippen LogP contribution is -2.35. The number of hydrogen-bond donors (Lipinski definition) is 1. The van der Waals surface area contributed by atoms with Gasteiger partial charge in [-0.05, 0) is 70.4 Å². The number of pyridine rings is 1. The Balaban J connectivity index is 1.48. The number of anilines is 1. The average Bonchev–Trinajstić information content (AvgIpc) is 3.13. The molecule has 0 spiro atoms. The molecule has 1 N–H and O–H groups in total. The van der Waals surface area contributed by atoms with E-state index in [4.69, 9.17) is 4.74 Å². The van der Waals surface area contributed by atoms with Crippen LogP contribution >= 0.6 is 0 Å². The largest absolute Gasteiger partial charge is 0.465 e. The Morgan fingerprint density at radius 2 is 2.00 bits per heavy atom.